The molecule has 2 heterocycles. The van der Waals surface area contributed by atoms with E-state index < -0.39 is 0 Å². The van der Waals surface area contributed by atoms with Crippen molar-refractivity contribution >= 4 is 11.9 Å². The standard InChI is InChI=1S/C21H29N5O3/c1-15-13-17(24-21(23-15)26-11-9-25(2)10-12-26)20(27)22-8-7-16-5-6-18(28-3)19(14-16)29-4/h5-6,13-14H,7-12H2,1-4H3,(H,22,27). The van der Waals surface area contributed by atoms with Crippen LogP contribution in [-0.2, 0) is 6.42 Å². The van der Waals surface area contributed by atoms with Crippen LogP contribution in [-0.4, -0.2) is 74.8 Å². The second kappa shape index (κ2) is 9.56. The third-order valence-electron chi connectivity index (χ3n) is 5.01. The van der Waals surface area contributed by atoms with Gasteiger partial charge in [0.05, 0.1) is 14.2 Å². The minimum atomic E-state index is -0.189. The van der Waals surface area contributed by atoms with Crippen LogP contribution in [0, 0.1) is 6.92 Å². The summed E-state index contributed by atoms with van der Waals surface area (Å²) in [7, 11) is 5.32. The summed E-state index contributed by atoms with van der Waals surface area (Å²) < 4.78 is 10.6. The molecule has 1 amide bonds. The predicted octanol–water partition coefficient (Wildman–Crippen LogP) is 1.53. The van der Waals surface area contributed by atoms with Gasteiger partial charge in [0.25, 0.3) is 5.91 Å². The quantitative estimate of drug-likeness (QED) is 0.756. The summed E-state index contributed by atoms with van der Waals surface area (Å²) in [5.74, 6) is 1.81. The zero-order chi connectivity index (χ0) is 20.8. The zero-order valence-electron chi connectivity index (χ0n) is 17.6. The second-order valence-electron chi connectivity index (χ2n) is 7.18. The summed E-state index contributed by atoms with van der Waals surface area (Å²) in [4.78, 5) is 26.1. The molecular weight excluding hydrogens is 370 g/mol. The van der Waals surface area contributed by atoms with Crippen LogP contribution in [0.15, 0.2) is 24.3 Å². The number of methoxy groups -OCH3 is 2. The van der Waals surface area contributed by atoms with Crippen LogP contribution in [0.25, 0.3) is 0 Å². The molecule has 1 N–H and O–H groups in total. The average Bonchev–Trinajstić information content (AvgIpc) is 2.73. The highest BCUT2D eigenvalue weighted by atomic mass is 16.5. The number of anilines is 1. The highest BCUT2D eigenvalue weighted by Crippen LogP contribution is 2.27. The number of likely N-dealkylation sites (N-methyl/N-ethyl adjacent to an activating group) is 1. The Hall–Kier alpha value is -2.87. The number of nitrogens with one attached hydrogen (secondary N) is 1. The SMILES string of the molecule is COc1ccc(CCNC(=O)c2cc(C)nc(N3CCN(C)CC3)n2)cc1OC. The Morgan fingerprint density at radius 3 is 2.48 bits per heavy atom. The number of aromatic nitrogens is 2. The Kier molecular flexibility index (Phi) is 6.87. The van der Waals surface area contributed by atoms with Gasteiger partial charge in [0.1, 0.15) is 5.69 Å². The van der Waals surface area contributed by atoms with E-state index in [4.69, 9.17) is 9.47 Å². The van der Waals surface area contributed by atoms with Gasteiger partial charge in [-0.3, -0.25) is 4.79 Å². The Labute approximate surface area is 171 Å². The lowest BCUT2D eigenvalue weighted by atomic mass is 10.1. The van der Waals surface area contributed by atoms with Crippen molar-refractivity contribution in [3.05, 3.63) is 41.2 Å². The van der Waals surface area contributed by atoms with Crippen molar-refractivity contribution in [3.63, 3.8) is 0 Å². The summed E-state index contributed by atoms with van der Waals surface area (Å²) in [6.45, 7) is 6.04. The lowest BCUT2D eigenvalue weighted by Gasteiger charge is -2.32. The Morgan fingerprint density at radius 1 is 1.07 bits per heavy atom. The molecule has 0 radical (unpaired) electrons. The molecular formula is C21H29N5O3. The van der Waals surface area contributed by atoms with Gasteiger partial charge in [0.15, 0.2) is 11.5 Å². The molecule has 8 heteroatoms. The molecule has 1 aromatic carbocycles. The maximum atomic E-state index is 12.6. The maximum Gasteiger partial charge on any atom is 0.270 e. The largest absolute Gasteiger partial charge is 0.493 e. The number of nitrogens with zero attached hydrogens (tertiary/aromatic N) is 4. The molecule has 156 valence electrons. The van der Waals surface area contributed by atoms with E-state index in [2.05, 4.69) is 32.1 Å². The van der Waals surface area contributed by atoms with Gasteiger partial charge in [0, 0.05) is 38.4 Å². The number of ether oxygens (including phenoxy) is 2. The molecule has 8 nitrogen and oxygen atoms in total. The number of hydrogen-bond donors (Lipinski definition) is 1. The lowest BCUT2D eigenvalue weighted by Crippen LogP contribution is -2.45. The van der Waals surface area contributed by atoms with E-state index >= 15 is 0 Å². The van der Waals surface area contributed by atoms with Crippen LogP contribution in [0.2, 0.25) is 0 Å². The van der Waals surface area contributed by atoms with Crippen LogP contribution in [0.4, 0.5) is 5.95 Å². The van der Waals surface area contributed by atoms with Gasteiger partial charge in [-0.2, -0.15) is 0 Å². The lowest BCUT2D eigenvalue weighted by molar-refractivity contribution is 0.0949. The number of rotatable bonds is 7. The molecule has 0 spiro atoms. The zero-order valence-corrected chi connectivity index (χ0v) is 17.6. The number of amides is 1. The van der Waals surface area contributed by atoms with Crippen LogP contribution in [0.5, 0.6) is 11.5 Å². The van der Waals surface area contributed by atoms with Gasteiger partial charge >= 0.3 is 0 Å². The van der Waals surface area contributed by atoms with E-state index in [1.807, 2.05) is 25.1 Å². The number of carbonyl (C=O) groups is 1. The van der Waals surface area contributed by atoms with Gasteiger partial charge in [0.2, 0.25) is 5.95 Å². The molecule has 0 aliphatic carbocycles. The first-order chi connectivity index (χ1) is 14.0. The summed E-state index contributed by atoms with van der Waals surface area (Å²) in [6.07, 6.45) is 0.682. The smallest absolute Gasteiger partial charge is 0.270 e. The van der Waals surface area contributed by atoms with E-state index in [9.17, 15) is 4.79 Å². The molecule has 0 bridgehead atoms. The molecule has 0 unspecified atom stereocenters. The topological polar surface area (TPSA) is 79.8 Å². The molecule has 1 fully saturated rings. The highest BCUT2D eigenvalue weighted by Gasteiger charge is 2.19. The van der Waals surface area contributed by atoms with Crippen molar-refractivity contribution in [2.45, 2.75) is 13.3 Å². The van der Waals surface area contributed by atoms with Crippen LogP contribution >= 0.6 is 0 Å². The van der Waals surface area contributed by atoms with Crippen molar-refractivity contribution in [3.8, 4) is 11.5 Å². The fourth-order valence-electron chi connectivity index (χ4n) is 3.26. The summed E-state index contributed by atoms with van der Waals surface area (Å²) in [5.41, 5.74) is 2.25. The number of carbonyl (C=O) groups excluding carboxylic acids is 1. The fourth-order valence-corrected chi connectivity index (χ4v) is 3.26. The van der Waals surface area contributed by atoms with E-state index in [1.165, 1.54) is 0 Å². The van der Waals surface area contributed by atoms with Crippen molar-refractivity contribution in [2.24, 2.45) is 0 Å². The van der Waals surface area contributed by atoms with Crippen LogP contribution < -0.4 is 19.7 Å². The van der Waals surface area contributed by atoms with Crippen molar-refractivity contribution < 1.29 is 14.3 Å². The fraction of sp³-hybridized carbons (Fsp3) is 0.476. The van der Waals surface area contributed by atoms with Gasteiger partial charge in [-0.25, -0.2) is 9.97 Å². The number of aryl methyl sites for hydroxylation is 1. The molecule has 0 atom stereocenters. The molecule has 3 rings (SSSR count). The predicted molar refractivity (Wildman–Crippen MR) is 112 cm³/mol. The van der Waals surface area contributed by atoms with E-state index in [1.54, 1.807) is 20.3 Å². The van der Waals surface area contributed by atoms with E-state index in [-0.39, 0.29) is 5.91 Å². The van der Waals surface area contributed by atoms with Gasteiger partial charge < -0.3 is 24.6 Å². The van der Waals surface area contributed by atoms with Crippen molar-refractivity contribution in [2.75, 3.05) is 58.9 Å². The molecule has 0 saturated carbocycles. The second-order valence-corrected chi connectivity index (χ2v) is 7.18. The van der Waals surface area contributed by atoms with Gasteiger partial charge in [-0.05, 0) is 44.2 Å². The van der Waals surface area contributed by atoms with E-state index in [0.29, 0.717) is 36.1 Å². The Bertz CT molecular complexity index is 850. The average molecular weight is 399 g/mol. The van der Waals surface area contributed by atoms with Crippen LogP contribution in [0.1, 0.15) is 21.7 Å². The summed E-state index contributed by atoms with van der Waals surface area (Å²) in [6, 6.07) is 7.48. The monoisotopic (exact) mass is 399 g/mol. The maximum absolute atomic E-state index is 12.6. The van der Waals surface area contributed by atoms with Gasteiger partial charge in [-0.1, -0.05) is 6.07 Å². The number of hydrogen-bond acceptors (Lipinski definition) is 7. The first kappa shape index (κ1) is 20.9. The number of piperazine rings is 1. The van der Waals surface area contributed by atoms with Crippen LogP contribution in [0.3, 0.4) is 0 Å². The minimum absolute atomic E-state index is 0.189. The first-order valence-corrected chi connectivity index (χ1v) is 9.78. The molecule has 1 aromatic heterocycles. The van der Waals surface area contributed by atoms with Crippen molar-refractivity contribution in [1.29, 1.82) is 0 Å². The molecule has 1 saturated heterocycles. The normalized spacial score (nSPS) is 14.6. The summed E-state index contributed by atoms with van der Waals surface area (Å²) in [5, 5.41) is 2.95. The minimum Gasteiger partial charge on any atom is -0.493 e. The third kappa shape index (κ3) is 5.35. The highest BCUT2D eigenvalue weighted by molar-refractivity contribution is 5.92. The van der Waals surface area contributed by atoms with Gasteiger partial charge in [-0.15, -0.1) is 0 Å². The Balaban J connectivity index is 1.61. The molecule has 2 aromatic rings. The molecule has 1 aliphatic heterocycles. The number of benzene rings is 1. The first-order valence-electron chi connectivity index (χ1n) is 9.78. The van der Waals surface area contributed by atoms with E-state index in [0.717, 1.165) is 37.4 Å². The summed E-state index contributed by atoms with van der Waals surface area (Å²) >= 11 is 0. The third-order valence-corrected chi connectivity index (χ3v) is 5.01. The molecule has 29 heavy (non-hydrogen) atoms. The Morgan fingerprint density at radius 2 is 1.79 bits per heavy atom. The van der Waals surface area contributed by atoms with Crippen molar-refractivity contribution in [1.82, 2.24) is 20.2 Å². The molecule has 1 aliphatic rings.